The van der Waals surface area contributed by atoms with Gasteiger partial charge in [-0.1, -0.05) is 0 Å². The smallest absolute Gasteiger partial charge is 0.243 e. The van der Waals surface area contributed by atoms with E-state index in [2.05, 4.69) is 10.6 Å². The highest BCUT2D eigenvalue weighted by atomic mass is 16.5. The highest BCUT2D eigenvalue weighted by Gasteiger charge is 2.15. The molecule has 1 heterocycles. The Balaban J connectivity index is 1.42. The second-order valence-corrected chi connectivity index (χ2v) is 7.00. The first-order chi connectivity index (χ1) is 14.0. The van der Waals surface area contributed by atoms with Crippen LogP contribution >= 0.6 is 0 Å². The molecular weight excluding hydrogens is 370 g/mol. The summed E-state index contributed by atoms with van der Waals surface area (Å²) in [6.07, 6.45) is 2.33. The molecule has 2 aromatic carbocycles. The van der Waals surface area contributed by atoms with Crippen LogP contribution in [0.15, 0.2) is 48.5 Å². The van der Waals surface area contributed by atoms with Crippen LogP contribution in [0.5, 0.6) is 5.75 Å². The molecule has 2 N–H and O–H groups in total. The first-order valence-corrected chi connectivity index (χ1v) is 9.74. The van der Waals surface area contributed by atoms with Gasteiger partial charge in [-0.05, 0) is 61.4 Å². The number of ether oxygens (including phenoxy) is 2. The van der Waals surface area contributed by atoms with Gasteiger partial charge in [-0.3, -0.25) is 9.59 Å². The van der Waals surface area contributed by atoms with Crippen molar-refractivity contribution in [2.45, 2.75) is 25.9 Å². The molecule has 0 spiro atoms. The van der Waals surface area contributed by atoms with E-state index >= 15 is 0 Å². The molecule has 3 rings (SSSR count). The van der Waals surface area contributed by atoms with Gasteiger partial charge >= 0.3 is 0 Å². The molecule has 1 atom stereocenters. The Morgan fingerprint density at radius 3 is 2.41 bits per heavy atom. The Labute approximate surface area is 171 Å². The van der Waals surface area contributed by atoms with Crippen molar-refractivity contribution in [2.24, 2.45) is 0 Å². The second-order valence-electron chi connectivity index (χ2n) is 7.00. The summed E-state index contributed by atoms with van der Waals surface area (Å²) in [7, 11) is 1.71. The Kier molecular flexibility index (Phi) is 7.08. The van der Waals surface area contributed by atoms with Crippen molar-refractivity contribution in [1.82, 2.24) is 0 Å². The number of benzene rings is 2. The van der Waals surface area contributed by atoms with Crippen molar-refractivity contribution < 1.29 is 19.1 Å². The zero-order chi connectivity index (χ0) is 20.6. The molecule has 7 nitrogen and oxygen atoms in total. The first-order valence-electron chi connectivity index (χ1n) is 9.74. The molecule has 1 aliphatic heterocycles. The number of rotatable bonds is 8. The van der Waals surface area contributed by atoms with Gasteiger partial charge in [0, 0.05) is 37.6 Å². The normalized spacial score (nSPS) is 15.6. The van der Waals surface area contributed by atoms with Crippen molar-refractivity contribution in [2.75, 3.05) is 42.3 Å². The van der Waals surface area contributed by atoms with Crippen LogP contribution in [-0.2, 0) is 14.3 Å². The maximum Gasteiger partial charge on any atom is 0.243 e. The lowest BCUT2D eigenvalue weighted by molar-refractivity contribution is -0.116. The summed E-state index contributed by atoms with van der Waals surface area (Å²) in [5.41, 5.74) is 2.29. The third-order valence-corrected chi connectivity index (χ3v) is 4.78. The molecule has 0 radical (unpaired) electrons. The van der Waals surface area contributed by atoms with E-state index in [1.807, 2.05) is 24.3 Å². The average Bonchev–Trinajstić information content (AvgIpc) is 3.25. The van der Waals surface area contributed by atoms with E-state index in [9.17, 15) is 9.59 Å². The molecule has 29 heavy (non-hydrogen) atoms. The third-order valence-electron chi connectivity index (χ3n) is 4.78. The average molecular weight is 397 g/mol. The molecule has 1 aliphatic rings. The van der Waals surface area contributed by atoms with E-state index in [0.717, 1.165) is 36.6 Å². The van der Waals surface area contributed by atoms with Crippen molar-refractivity contribution in [1.29, 1.82) is 0 Å². The number of amides is 2. The van der Waals surface area contributed by atoms with Gasteiger partial charge in [0.05, 0.1) is 12.6 Å². The third kappa shape index (κ3) is 6.22. The fourth-order valence-corrected chi connectivity index (χ4v) is 2.97. The Morgan fingerprint density at radius 2 is 1.79 bits per heavy atom. The van der Waals surface area contributed by atoms with E-state index in [0.29, 0.717) is 12.3 Å². The Hall–Kier alpha value is -3.06. The molecule has 2 amide bonds. The fourth-order valence-electron chi connectivity index (χ4n) is 2.97. The van der Waals surface area contributed by atoms with Crippen LogP contribution in [0.1, 0.15) is 19.8 Å². The lowest BCUT2D eigenvalue weighted by Gasteiger charge is -2.15. The monoisotopic (exact) mass is 397 g/mol. The number of nitrogens with one attached hydrogen (secondary N) is 2. The van der Waals surface area contributed by atoms with E-state index in [1.54, 1.807) is 36.2 Å². The number of hydrogen-bond donors (Lipinski definition) is 2. The number of anilines is 3. The Bertz CT molecular complexity index is 815. The highest BCUT2D eigenvalue weighted by Crippen LogP contribution is 2.19. The lowest BCUT2D eigenvalue weighted by atomic mass is 10.2. The molecule has 2 aromatic rings. The van der Waals surface area contributed by atoms with Crippen LogP contribution in [-0.4, -0.2) is 44.7 Å². The van der Waals surface area contributed by atoms with Gasteiger partial charge in [-0.2, -0.15) is 0 Å². The molecule has 0 aromatic heterocycles. The van der Waals surface area contributed by atoms with Gasteiger partial charge in [0.25, 0.3) is 0 Å². The van der Waals surface area contributed by atoms with Crippen LogP contribution in [0.2, 0.25) is 0 Å². The Morgan fingerprint density at radius 1 is 1.10 bits per heavy atom. The van der Waals surface area contributed by atoms with E-state index < -0.39 is 0 Å². The molecule has 1 unspecified atom stereocenters. The van der Waals surface area contributed by atoms with Crippen molar-refractivity contribution in [3.8, 4) is 5.75 Å². The zero-order valence-electron chi connectivity index (χ0n) is 16.8. The van der Waals surface area contributed by atoms with Gasteiger partial charge in [0.15, 0.2) is 0 Å². The molecule has 0 saturated carbocycles. The van der Waals surface area contributed by atoms with Crippen LogP contribution in [0.3, 0.4) is 0 Å². The summed E-state index contributed by atoms with van der Waals surface area (Å²) < 4.78 is 11.3. The van der Waals surface area contributed by atoms with Gasteiger partial charge in [-0.15, -0.1) is 0 Å². The highest BCUT2D eigenvalue weighted by molar-refractivity contribution is 5.94. The number of hydrogen-bond acceptors (Lipinski definition) is 5. The molecule has 7 heteroatoms. The predicted octanol–water partition coefficient (Wildman–Crippen LogP) is 3.28. The summed E-state index contributed by atoms with van der Waals surface area (Å²) in [5, 5.41) is 5.92. The number of nitrogens with zero attached hydrogens (tertiary/aromatic N) is 1. The summed E-state index contributed by atoms with van der Waals surface area (Å²) in [4.78, 5) is 25.1. The quantitative estimate of drug-likeness (QED) is 0.715. The maximum absolute atomic E-state index is 12.2. The van der Waals surface area contributed by atoms with Gasteiger partial charge in [0.1, 0.15) is 12.4 Å². The number of carbonyl (C=O) groups is 2. The second kappa shape index (κ2) is 9.93. The minimum Gasteiger partial charge on any atom is -0.491 e. The molecule has 0 bridgehead atoms. The summed E-state index contributed by atoms with van der Waals surface area (Å²) in [6, 6.07) is 14.6. The van der Waals surface area contributed by atoms with Gasteiger partial charge in [-0.25, -0.2) is 0 Å². The zero-order valence-corrected chi connectivity index (χ0v) is 16.8. The molecule has 0 aliphatic carbocycles. The van der Waals surface area contributed by atoms with Crippen LogP contribution in [0.4, 0.5) is 17.1 Å². The summed E-state index contributed by atoms with van der Waals surface area (Å²) in [6.45, 7) is 3.03. The van der Waals surface area contributed by atoms with E-state index in [4.69, 9.17) is 9.47 Å². The summed E-state index contributed by atoms with van der Waals surface area (Å²) in [5.74, 6) is 0.580. The van der Waals surface area contributed by atoms with Crippen LogP contribution in [0, 0.1) is 0 Å². The minimum absolute atomic E-state index is 0.0470. The predicted molar refractivity (Wildman–Crippen MR) is 114 cm³/mol. The van der Waals surface area contributed by atoms with Crippen molar-refractivity contribution >= 4 is 28.9 Å². The van der Waals surface area contributed by atoms with Crippen LogP contribution < -0.4 is 20.3 Å². The minimum atomic E-state index is -0.156. The molecular formula is C22H27N3O4. The van der Waals surface area contributed by atoms with E-state index in [-0.39, 0.29) is 24.5 Å². The van der Waals surface area contributed by atoms with Crippen molar-refractivity contribution in [3.05, 3.63) is 48.5 Å². The number of carbonyl (C=O) groups excluding carboxylic acids is 2. The summed E-state index contributed by atoms with van der Waals surface area (Å²) >= 11 is 0. The topological polar surface area (TPSA) is 79.9 Å². The van der Waals surface area contributed by atoms with Gasteiger partial charge < -0.3 is 25.0 Å². The molecule has 1 saturated heterocycles. The first kappa shape index (κ1) is 20.7. The largest absolute Gasteiger partial charge is 0.491 e. The SMILES string of the molecule is CC(=O)N(C)c1ccc(NC(=O)CNc2ccc(OCC3CCCO3)cc2)cc1. The van der Waals surface area contributed by atoms with E-state index in [1.165, 1.54) is 6.92 Å². The molecule has 154 valence electrons. The fraction of sp³-hybridized carbons (Fsp3) is 0.364. The standard InChI is InChI=1S/C22H27N3O4/c1-16(26)25(2)19-9-5-18(6-10-19)24-22(27)14-23-17-7-11-20(12-8-17)29-15-21-4-3-13-28-21/h5-12,21,23H,3-4,13-15H2,1-2H3,(H,24,27). The van der Waals surface area contributed by atoms with Gasteiger partial charge in [0.2, 0.25) is 11.8 Å². The molecule has 1 fully saturated rings. The van der Waals surface area contributed by atoms with Crippen molar-refractivity contribution in [3.63, 3.8) is 0 Å². The maximum atomic E-state index is 12.2. The van der Waals surface area contributed by atoms with Crippen LogP contribution in [0.25, 0.3) is 0 Å². The lowest BCUT2D eigenvalue weighted by Crippen LogP contribution is -2.23.